The zero-order valence-electron chi connectivity index (χ0n) is 9.24. The Morgan fingerprint density at radius 1 is 1.73 bits per heavy atom. The van der Waals surface area contributed by atoms with E-state index in [0.29, 0.717) is 24.1 Å². The number of nitrogens with zero attached hydrogens (tertiary/aromatic N) is 1. The summed E-state index contributed by atoms with van der Waals surface area (Å²) in [5, 5.41) is 6.09. The fourth-order valence-electron chi connectivity index (χ4n) is 0.902. The summed E-state index contributed by atoms with van der Waals surface area (Å²) < 4.78 is 9.77. The van der Waals surface area contributed by atoms with Crippen LogP contribution in [0.1, 0.15) is 26.0 Å². The Morgan fingerprint density at radius 3 is 3.00 bits per heavy atom. The number of amides is 1. The highest BCUT2D eigenvalue weighted by Crippen LogP contribution is 2.08. The van der Waals surface area contributed by atoms with E-state index in [2.05, 4.69) is 10.5 Å². The van der Waals surface area contributed by atoms with E-state index in [4.69, 9.17) is 9.26 Å². The number of aryl methyl sites for hydroxylation is 1. The maximum atomic E-state index is 11.2. The molecular formula is C10H16N2O3. The first-order valence-corrected chi connectivity index (χ1v) is 4.99. The second-order valence-corrected chi connectivity index (χ2v) is 3.56. The van der Waals surface area contributed by atoms with Crippen LogP contribution in [0, 0.1) is 12.8 Å². The van der Waals surface area contributed by atoms with Gasteiger partial charge in [-0.05, 0) is 12.8 Å². The summed E-state index contributed by atoms with van der Waals surface area (Å²) in [5.74, 6) is 1.39. The Morgan fingerprint density at radius 2 is 2.47 bits per heavy atom. The maximum Gasteiger partial charge on any atom is 0.412 e. The molecule has 1 rings (SSSR count). The smallest absolute Gasteiger partial charge is 0.412 e. The molecule has 1 amide bonds. The minimum atomic E-state index is -0.497. The highest BCUT2D eigenvalue weighted by atomic mass is 16.5. The molecule has 0 aliphatic heterocycles. The van der Waals surface area contributed by atoms with Crippen molar-refractivity contribution in [3.63, 3.8) is 0 Å². The van der Waals surface area contributed by atoms with Crippen LogP contribution >= 0.6 is 0 Å². The number of aromatic nitrogens is 1. The lowest BCUT2D eigenvalue weighted by molar-refractivity contribution is 0.143. The van der Waals surface area contributed by atoms with Crippen LogP contribution in [0.4, 0.5) is 10.6 Å². The fourth-order valence-corrected chi connectivity index (χ4v) is 0.902. The molecule has 15 heavy (non-hydrogen) atoms. The molecule has 0 fully saturated rings. The van der Waals surface area contributed by atoms with Gasteiger partial charge < -0.3 is 9.26 Å². The SMILES string of the molecule is CCC(C)COC(=O)Nc1cc(C)on1. The zero-order chi connectivity index (χ0) is 11.3. The second kappa shape index (κ2) is 5.38. The molecule has 1 heterocycles. The van der Waals surface area contributed by atoms with Gasteiger partial charge in [0.1, 0.15) is 5.76 Å². The van der Waals surface area contributed by atoms with Gasteiger partial charge in [0.25, 0.3) is 0 Å². The quantitative estimate of drug-likeness (QED) is 0.833. The van der Waals surface area contributed by atoms with Crippen molar-refractivity contribution in [1.29, 1.82) is 0 Å². The van der Waals surface area contributed by atoms with Gasteiger partial charge in [-0.1, -0.05) is 25.4 Å². The van der Waals surface area contributed by atoms with Gasteiger partial charge in [0.2, 0.25) is 0 Å². The Bertz CT molecular complexity index is 322. The van der Waals surface area contributed by atoms with E-state index in [-0.39, 0.29) is 0 Å². The molecule has 0 spiro atoms. The van der Waals surface area contributed by atoms with E-state index in [1.54, 1.807) is 13.0 Å². The molecule has 0 radical (unpaired) electrons. The molecular weight excluding hydrogens is 196 g/mol. The average Bonchev–Trinajstić information content (AvgIpc) is 2.60. The van der Waals surface area contributed by atoms with Gasteiger partial charge in [-0.3, -0.25) is 5.32 Å². The fraction of sp³-hybridized carbons (Fsp3) is 0.600. The number of rotatable bonds is 4. The molecule has 1 N–H and O–H groups in total. The summed E-state index contributed by atoms with van der Waals surface area (Å²) in [4.78, 5) is 11.2. The first-order chi connectivity index (χ1) is 7.11. The third-order valence-corrected chi connectivity index (χ3v) is 2.05. The summed E-state index contributed by atoms with van der Waals surface area (Å²) in [6.07, 6.45) is 0.486. The van der Waals surface area contributed by atoms with Crippen molar-refractivity contribution < 1.29 is 14.1 Å². The van der Waals surface area contributed by atoms with E-state index < -0.39 is 6.09 Å². The molecule has 0 aliphatic carbocycles. The van der Waals surface area contributed by atoms with Gasteiger partial charge in [-0.2, -0.15) is 0 Å². The minimum Gasteiger partial charge on any atom is -0.449 e. The Hall–Kier alpha value is -1.52. The molecule has 1 aromatic heterocycles. The maximum absolute atomic E-state index is 11.2. The Balaban J connectivity index is 2.30. The van der Waals surface area contributed by atoms with Crippen LogP contribution in [0.15, 0.2) is 10.6 Å². The van der Waals surface area contributed by atoms with Crippen LogP contribution in [-0.2, 0) is 4.74 Å². The molecule has 0 bridgehead atoms. The minimum absolute atomic E-state index is 0.370. The molecule has 1 aromatic rings. The lowest BCUT2D eigenvalue weighted by Gasteiger charge is -2.08. The third kappa shape index (κ3) is 4.01. The first-order valence-electron chi connectivity index (χ1n) is 4.99. The van der Waals surface area contributed by atoms with E-state index in [9.17, 15) is 4.79 Å². The summed E-state index contributed by atoms with van der Waals surface area (Å²) in [6, 6.07) is 1.63. The van der Waals surface area contributed by atoms with Gasteiger partial charge in [0.15, 0.2) is 5.82 Å². The third-order valence-electron chi connectivity index (χ3n) is 2.05. The molecule has 0 aliphatic rings. The van der Waals surface area contributed by atoms with Crippen molar-refractivity contribution in [2.45, 2.75) is 27.2 Å². The van der Waals surface area contributed by atoms with Gasteiger partial charge in [-0.15, -0.1) is 0 Å². The average molecular weight is 212 g/mol. The molecule has 84 valence electrons. The van der Waals surface area contributed by atoms with E-state index >= 15 is 0 Å². The van der Waals surface area contributed by atoms with Crippen LogP contribution in [0.5, 0.6) is 0 Å². The molecule has 0 aromatic carbocycles. The molecule has 5 nitrogen and oxygen atoms in total. The number of ether oxygens (including phenoxy) is 1. The van der Waals surface area contributed by atoms with Crippen LogP contribution in [0.3, 0.4) is 0 Å². The van der Waals surface area contributed by atoms with Crippen LogP contribution in [-0.4, -0.2) is 17.9 Å². The predicted octanol–water partition coefficient (Wildman–Crippen LogP) is 2.58. The summed E-state index contributed by atoms with van der Waals surface area (Å²) in [7, 11) is 0. The number of carbonyl (C=O) groups is 1. The molecule has 1 unspecified atom stereocenters. The van der Waals surface area contributed by atoms with Crippen molar-refractivity contribution in [2.75, 3.05) is 11.9 Å². The van der Waals surface area contributed by atoms with Crippen LogP contribution in [0.25, 0.3) is 0 Å². The van der Waals surface area contributed by atoms with Crippen LogP contribution < -0.4 is 5.32 Å². The second-order valence-electron chi connectivity index (χ2n) is 3.56. The molecule has 5 heteroatoms. The monoisotopic (exact) mass is 212 g/mol. The number of anilines is 1. The summed E-state index contributed by atoms with van der Waals surface area (Å²) >= 11 is 0. The van der Waals surface area contributed by atoms with Crippen molar-refractivity contribution >= 4 is 11.9 Å². The van der Waals surface area contributed by atoms with Crippen molar-refractivity contribution in [3.8, 4) is 0 Å². The van der Waals surface area contributed by atoms with Gasteiger partial charge in [0.05, 0.1) is 6.61 Å². The van der Waals surface area contributed by atoms with Gasteiger partial charge >= 0.3 is 6.09 Å². The van der Waals surface area contributed by atoms with E-state index in [1.807, 2.05) is 13.8 Å². The first kappa shape index (κ1) is 11.6. The number of hydrogen-bond acceptors (Lipinski definition) is 4. The van der Waals surface area contributed by atoms with Crippen molar-refractivity contribution in [1.82, 2.24) is 5.16 Å². The van der Waals surface area contributed by atoms with E-state index in [1.165, 1.54) is 0 Å². The van der Waals surface area contributed by atoms with Crippen molar-refractivity contribution in [3.05, 3.63) is 11.8 Å². The highest BCUT2D eigenvalue weighted by Gasteiger charge is 2.08. The van der Waals surface area contributed by atoms with Gasteiger partial charge in [-0.25, -0.2) is 4.79 Å². The number of carbonyl (C=O) groups excluding carboxylic acids is 1. The number of hydrogen-bond donors (Lipinski definition) is 1. The topological polar surface area (TPSA) is 64.4 Å². The summed E-state index contributed by atoms with van der Waals surface area (Å²) in [6.45, 7) is 6.24. The normalized spacial score (nSPS) is 12.2. The largest absolute Gasteiger partial charge is 0.449 e. The van der Waals surface area contributed by atoms with Gasteiger partial charge in [0, 0.05) is 6.07 Å². The predicted molar refractivity (Wildman–Crippen MR) is 55.7 cm³/mol. The molecule has 0 saturated carbocycles. The lowest BCUT2D eigenvalue weighted by atomic mass is 10.1. The molecule has 1 atom stereocenters. The Kier molecular flexibility index (Phi) is 4.15. The van der Waals surface area contributed by atoms with Crippen molar-refractivity contribution in [2.24, 2.45) is 5.92 Å². The highest BCUT2D eigenvalue weighted by molar-refractivity contribution is 5.83. The van der Waals surface area contributed by atoms with Crippen LogP contribution in [0.2, 0.25) is 0 Å². The summed E-state index contributed by atoms with van der Waals surface area (Å²) in [5.41, 5.74) is 0. The lowest BCUT2D eigenvalue weighted by Crippen LogP contribution is -2.17. The molecule has 0 saturated heterocycles. The standard InChI is InChI=1S/C10H16N2O3/c1-4-7(2)6-14-10(13)11-9-5-8(3)15-12-9/h5,7H,4,6H2,1-3H3,(H,11,12,13). The Labute approximate surface area is 88.8 Å². The number of nitrogens with one attached hydrogen (secondary N) is 1. The van der Waals surface area contributed by atoms with E-state index in [0.717, 1.165) is 6.42 Å². The zero-order valence-corrected chi connectivity index (χ0v) is 9.24.